The van der Waals surface area contributed by atoms with Crippen molar-refractivity contribution in [2.24, 2.45) is 5.92 Å². The summed E-state index contributed by atoms with van der Waals surface area (Å²) in [4.78, 5) is 29.5. The lowest BCUT2D eigenvalue weighted by Gasteiger charge is -2.30. The first-order valence-corrected chi connectivity index (χ1v) is 9.33. The summed E-state index contributed by atoms with van der Waals surface area (Å²) in [5.74, 6) is -0.263. The van der Waals surface area contributed by atoms with Gasteiger partial charge in [-0.05, 0) is 44.7 Å². The Morgan fingerprint density at radius 1 is 1.23 bits per heavy atom. The molecule has 5 nitrogen and oxygen atoms in total. The number of aromatic nitrogens is 1. The minimum Gasteiger partial charge on any atom is -0.449 e. The number of fused-ring (bicyclic) bond motifs is 1. The van der Waals surface area contributed by atoms with Crippen molar-refractivity contribution in [3.8, 4) is 0 Å². The number of pyridine rings is 1. The summed E-state index contributed by atoms with van der Waals surface area (Å²) in [6.45, 7) is 5.62. The fraction of sp³-hybridized carbons (Fsp3) is 0.476. The molecule has 0 radical (unpaired) electrons. The number of nitrogens with zero attached hydrogens (tertiary/aromatic N) is 1. The average Bonchev–Trinajstić information content (AvgIpc) is 2.62. The summed E-state index contributed by atoms with van der Waals surface area (Å²) in [6, 6.07) is 9.31. The number of aryl methyl sites for hydroxylation is 1. The molecule has 1 saturated carbocycles. The van der Waals surface area contributed by atoms with Gasteiger partial charge in [0, 0.05) is 17.1 Å². The minimum atomic E-state index is -0.830. The van der Waals surface area contributed by atoms with Gasteiger partial charge in [0.25, 0.3) is 5.91 Å². The van der Waals surface area contributed by atoms with Crippen LogP contribution in [0, 0.1) is 12.8 Å². The van der Waals surface area contributed by atoms with E-state index < -0.39 is 12.1 Å². The van der Waals surface area contributed by atoms with E-state index >= 15 is 0 Å². The van der Waals surface area contributed by atoms with E-state index in [2.05, 4.69) is 17.2 Å². The number of amides is 1. The molecule has 1 aromatic carbocycles. The molecule has 3 rings (SSSR count). The number of hydrogen-bond acceptors (Lipinski definition) is 4. The molecule has 5 heteroatoms. The Labute approximate surface area is 154 Å². The van der Waals surface area contributed by atoms with Gasteiger partial charge >= 0.3 is 5.97 Å². The van der Waals surface area contributed by atoms with Crippen LogP contribution in [0.25, 0.3) is 10.9 Å². The molecule has 138 valence electrons. The number of benzene rings is 1. The van der Waals surface area contributed by atoms with Crippen LogP contribution in [0.2, 0.25) is 0 Å². The van der Waals surface area contributed by atoms with Crippen LogP contribution in [0.15, 0.2) is 30.3 Å². The first kappa shape index (κ1) is 18.4. The molecule has 0 unspecified atom stereocenters. The maximum Gasteiger partial charge on any atom is 0.339 e. The van der Waals surface area contributed by atoms with Crippen molar-refractivity contribution in [1.82, 2.24) is 10.3 Å². The zero-order valence-electron chi connectivity index (χ0n) is 15.6. The van der Waals surface area contributed by atoms with Gasteiger partial charge in [-0.3, -0.25) is 9.78 Å². The first-order chi connectivity index (χ1) is 12.5. The van der Waals surface area contributed by atoms with E-state index in [0.29, 0.717) is 11.5 Å². The Bertz CT molecular complexity index is 818. The van der Waals surface area contributed by atoms with E-state index in [4.69, 9.17) is 4.74 Å². The molecule has 2 aromatic rings. The molecule has 0 saturated heterocycles. The summed E-state index contributed by atoms with van der Waals surface area (Å²) >= 11 is 0. The van der Waals surface area contributed by atoms with E-state index in [1.54, 1.807) is 13.0 Å². The monoisotopic (exact) mass is 354 g/mol. The van der Waals surface area contributed by atoms with E-state index in [9.17, 15) is 9.59 Å². The maximum absolute atomic E-state index is 12.7. The molecule has 26 heavy (non-hydrogen) atoms. The fourth-order valence-electron chi connectivity index (χ4n) is 3.59. The highest BCUT2D eigenvalue weighted by Crippen LogP contribution is 2.24. The largest absolute Gasteiger partial charge is 0.449 e. The Morgan fingerprint density at radius 2 is 1.96 bits per heavy atom. The van der Waals surface area contributed by atoms with Crippen molar-refractivity contribution in [3.05, 3.63) is 41.6 Å². The van der Waals surface area contributed by atoms with Crippen molar-refractivity contribution in [2.45, 2.75) is 58.6 Å². The topological polar surface area (TPSA) is 68.3 Å². The normalized spacial score (nSPS) is 21.2. The van der Waals surface area contributed by atoms with E-state index in [1.165, 1.54) is 6.42 Å². The molecule has 1 aliphatic rings. The predicted octanol–water partition coefficient (Wildman–Crippen LogP) is 3.78. The van der Waals surface area contributed by atoms with Gasteiger partial charge in [0.1, 0.15) is 0 Å². The molecular weight excluding hydrogens is 328 g/mol. The zero-order valence-corrected chi connectivity index (χ0v) is 15.6. The first-order valence-electron chi connectivity index (χ1n) is 9.33. The lowest BCUT2D eigenvalue weighted by molar-refractivity contribution is -0.130. The molecule has 1 amide bonds. The third-order valence-corrected chi connectivity index (χ3v) is 5.16. The average molecular weight is 354 g/mol. The van der Waals surface area contributed by atoms with Gasteiger partial charge < -0.3 is 10.1 Å². The van der Waals surface area contributed by atoms with E-state index in [1.807, 2.05) is 31.2 Å². The number of carbonyl (C=O) groups excluding carboxylic acids is 2. The van der Waals surface area contributed by atoms with Gasteiger partial charge in [0.2, 0.25) is 0 Å². The lowest BCUT2D eigenvalue weighted by Crippen LogP contribution is -2.46. The quantitative estimate of drug-likeness (QED) is 0.849. The fourth-order valence-corrected chi connectivity index (χ4v) is 3.59. The molecule has 3 atom stereocenters. The molecule has 1 fully saturated rings. The van der Waals surface area contributed by atoms with Gasteiger partial charge in [0.05, 0.1) is 11.1 Å². The van der Waals surface area contributed by atoms with Gasteiger partial charge in [-0.1, -0.05) is 38.0 Å². The zero-order chi connectivity index (χ0) is 18.7. The molecule has 1 aromatic heterocycles. The van der Waals surface area contributed by atoms with Crippen molar-refractivity contribution < 1.29 is 14.3 Å². The summed E-state index contributed by atoms with van der Waals surface area (Å²) < 4.78 is 5.46. The third-order valence-electron chi connectivity index (χ3n) is 5.16. The van der Waals surface area contributed by atoms with E-state index in [0.717, 1.165) is 35.9 Å². The maximum atomic E-state index is 12.7. The van der Waals surface area contributed by atoms with Crippen molar-refractivity contribution in [1.29, 1.82) is 0 Å². The van der Waals surface area contributed by atoms with Gasteiger partial charge in [-0.2, -0.15) is 0 Å². The number of hydrogen-bond donors (Lipinski definition) is 1. The van der Waals surface area contributed by atoms with Crippen molar-refractivity contribution in [3.63, 3.8) is 0 Å². The summed E-state index contributed by atoms with van der Waals surface area (Å²) in [6.07, 6.45) is 3.63. The second-order valence-electron chi connectivity index (χ2n) is 7.25. The van der Waals surface area contributed by atoms with Crippen LogP contribution in [0.3, 0.4) is 0 Å². The second kappa shape index (κ2) is 7.85. The van der Waals surface area contributed by atoms with Crippen LogP contribution in [-0.4, -0.2) is 29.0 Å². The highest BCUT2D eigenvalue weighted by Gasteiger charge is 2.27. The molecule has 0 aliphatic heterocycles. The standard InChI is InChI=1S/C21H26N2O3/c1-13-8-4-6-10-18(13)23-20(24)15(3)26-21(25)17-12-14(2)22-19-11-7-5-9-16(17)19/h5,7,9,11-13,15,18H,4,6,8,10H2,1-3H3,(H,23,24)/t13-,15+,18-/m0/s1. The Kier molecular flexibility index (Phi) is 5.55. The second-order valence-corrected chi connectivity index (χ2v) is 7.25. The van der Waals surface area contributed by atoms with Crippen LogP contribution in [0.1, 0.15) is 55.6 Å². The SMILES string of the molecule is Cc1cc(C(=O)O[C@H](C)C(=O)N[C@H]2CCCC[C@@H]2C)c2ccccc2n1. The molecule has 1 aliphatic carbocycles. The van der Waals surface area contributed by atoms with Crippen molar-refractivity contribution >= 4 is 22.8 Å². The highest BCUT2D eigenvalue weighted by molar-refractivity contribution is 6.04. The molecular formula is C21H26N2O3. The smallest absolute Gasteiger partial charge is 0.339 e. The summed E-state index contributed by atoms with van der Waals surface area (Å²) in [5, 5.41) is 3.78. The number of carbonyl (C=O) groups is 2. The minimum absolute atomic E-state index is 0.168. The van der Waals surface area contributed by atoms with Crippen LogP contribution in [-0.2, 0) is 9.53 Å². The van der Waals surface area contributed by atoms with Crippen LogP contribution >= 0.6 is 0 Å². The van der Waals surface area contributed by atoms with E-state index in [-0.39, 0.29) is 11.9 Å². The number of esters is 1. The lowest BCUT2D eigenvalue weighted by atomic mass is 9.86. The Morgan fingerprint density at radius 3 is 2.73 bits per heavy atom. The number of nitrogens with one attached hydrogen (secondary N) is 1. The van der Waals surface area contributed by atoms with Crippen LogP contribution in [0.4, 0.5) is 0 Å². The van der Waals surface area contributed by atoms with Crippen molar-refractivity contribution in [2.75, 3.05) is 0 Å². The van der Waals surface area contributed by atoms with Crippen LogP contribution < -0.4 is 5.32 Å². The Balaban J connectivity index is 1.70. The molecule has 1 N–H and O–H groups in total. The molecule has 0 spiro atoms. The van der Waals surface area contributed by atoms with Crippen LogP contribution in [0.5, 0.6) is 0 Å². The molecule has 0 bridgehead atoms. The Hall–Kier alpha value is -2.43. The van der Waals surface area contributed by atoms with Gasteiger partial charge in [0.15, 0.2) is 6.10 Å². The number of para-hydroxylation sites is 1. The van der Waals surface area contributed by atoms with Gasteiger partial charge in [-0.15, -0.1) is 0 Å². The summed E-state index contributed by atoms with van der Waals surface area (Å²) in [7, 11) is 0. The third kappa shape index (κ3) is 4.03. The number of rotatable bonds is 4. The molecule has 1 heterocycles. The predicted molar refractivity (Wildman–Crippen MR) is 101 cm³/mol. The summed E-state index contributed by atoms with van der Waals surface area (Å²) in [5.41, 5.74) is 1.93. The van der Waals surface area contributed by atoms with Gasteiger partial charge in [-0.25, -0.2) is 4.79 Å². The highest BCUT2D eigenvalue weighted by atomic mass is 16.5. The number of ether oxygens (including phenoxy) is 1.